The highest BCUT2D eigenvalue weighted by molar-refractivity contribution is 7.80. The van der Waals surface area contributed by atoms with Gasteiger partial charge in [0, 0.05) is 11.7 Å². The molecule has 2 aliphatic carbocycles. The Morgan fingerprint density at radius 1 is 1.08 bits per heavy atom. The zero-order valence-electron chi connectivity index (χ0n) is 20.5. The monoisotopic (exact) mass is 532 g/mol. The number of carbonyl (C=O) groups excluding carboxylic acids is 2. The minimum absolute atomic E-state index is 0.0430. The number of Topliss-reactive ketones (excluding diaryl/α,β-unsaturated/α-hetero) is 1. The zero-order valence-corrected chi connectivity index (χ0v) is 21.3. The quantitative estimate of drug-likeness (QED) is 0.180. The average molecular weight is 533 g/mol. The Labute approximate surface area is 218 Å². The van der Waals surface area contributed by atoms with Crippen LogP contribution in [0.4, 0.5) is 18.0 Å². The van der Waals surface area contributed by atoms with Crippen LogP contribution in [0.25, 0.3) is 0 Å². The maximum atomic E-state index is 15.3. The van der Waals surface area contributed by atoms with Crippen LogP contribution in [0.5, 0.6) is 0 Å². The van der Waals surface area contributed by atoms with Crippen LogP contribution in [0.3, 0.4) is 0 Å². The number of alkyl carbamates (subject to hydrolysis) is 1. The number of rotatable bonds is 10. The zero-order chi connectivity index (χ0) is 26.7. The SMILES string of the molecule is CCOC(=S)C(C(=O)c1cc(F)c(C2(NC(=O)OCc3ccccc3)CC2)c(F)c1F)=C(C)NC1CC1. The Hall–Kier alpha value is -3.40. The van der Waals surface area contributed by atoms with Crippen LogP contribution in [-0.4, -0.2) is 29.6 Å². The number of nitrogens with one attached hydrogen (secondary N) is 2. The predicted molar refractivity (Wildman–Crippen MR) is 134 cm³/mol. The van der Waals surface area contributed by atoms with E-state index in [1.165, 1.54) is 0 Å². The van der Waals surface area contributed by atoms with Crippen molar-refractivity contribution in [1.29, 1.82) is 0 Å². The van der Waals surface area contributed by atoms with Gasteiger partial charge in [0.25, 0.3) is 0 Å². The third-order valence-corrected chi connectivity index (χ3v) is 6.59. The van der Waals surface area contributed by atoms with Gasteiger partial charge in [-0.2, -0.15) is 0 Å². The molecule has 0 bridgehead atoms. The molecule has 2 aromatic rings. The van der Waals surface area contributed by atoms with E-state index in [1.807, 2.05) is 6.07 Å². The number of benzene rings is 2. The first-order valence-electron chi connectivity index (χ1n) is 12.0. The third-order valence-electron chi connectivity index (χ3n) is 6.27. The highest BCUT2D eigenvalue weighted by atomic mass is 32.1. The van der Waals surface area contributed by atoms with Crippen molar-refractivity contribution in [1.82, 2.24) is 10.6 Å². The molecule has 0 saturated heterocycles. The van der Waals surface area contributed by atoms with Crippen molar-refractivity contribution in [3.8, 4) is 0 Å². The number of hydrogen-bond acceptors (Lipinski definition) is 6. The molecule has 0 radical (unpaired) electrons. The fourth-order valence-electron chi connectivity index (χ4n) is 4.08. The molecular formula is C27H27F3N2O4S. The average Bonchev–Trinajstić information content (AvgIpc) is 3.79. The molecule has 6 nitrogen and oxygen atoms in total. The molecule has 0 atom stereocenters. The summed E-state index contributed by atoms with van der Waals surface area (Å²) in [7, 11) is 0. The van der Waals surface area contributed by atoms with Crippen LogP contribution in [0.2, 0.25) is 0 Å². The lowest BCUT2D eigenvalue weighted by Gasteiger charge is -2.21. The molecule has 2 aromatic carbocycles. The number of allylic oxidation sites excluding steroid dienone is 1. The maximum Gasteiger partial charge on any atom is 0.408 e. The molecule has 0 aromatic heterocycles. The number of hydrogen-bond donors (Lipinski definition) is 2. The van der Waals surface area contributed by atoms with Crippen LogP contribution < -0.4 is 10.6 Å². The Morgan fingerprint density at radius 3 is 2.35 bits per heavy atom. The van der Waals surface area contributed by atoms with Gasteiger partial charge in [0.1, 0.15) is 12.4 Å². The molecule has 2 fully saturated rings. The summed E-state index contributed by atoms with van der Waals surface area (Å²) in [6, 6.07) is 9.67. The number of carbonyl (C=O) groups is 2. The highest BCUT2D eigenvalue weighted by Gasteiger charge is 2.51. The van der Waals surface area contributed by atoms with Gasteiger partial charge < -0.3 is 20.1 Å². The van der Waals surface area contributed by atoms with E-state index in [0.29, 0.717) is 11.8 Å². The minimum atomic E-state index is -1.54. The Morgan fingerprint density at radius 2 is 1.76 bits per heavy atom. The van der Waals surface area contributed by atoms with Crippen LogP contribution in [0.1, 0.15) is 61.0 Å². The molecule has 4 rings (SSSR count). The topological polar surface area (TPSA) is 76.7 Å². The van der Waals surface area contributed by atoms with E-state index in [9.17, 15) is 9.59 Å². The van der Waals surface area contributed by atoms with Gasteiger partial charge in [-0.15, -0.1) is 0 Å². The molecule has 0 spiro atoms. The normalized spacial score (nSPS) is 16.4. The van der Waals surface area contributed by atoms with Gasteiger partial charge in [0.05, 0.1) is 28.8 Å². The second-order valence-electron chi connectivity index (χ2n) is 9.15. The molecule has 1 amide bonds. The molecule has 196 valence electrons. The van der Waals surface area contributed by atoms with E-state index in [2.05, 4.69) is 10.6 Å². The maximum absolute atomic E-state index is 15.3. The van der Waals surface area contributed by atoms with E-state index in [0.717, 1.165) is 18.4 Å². The molecular weight excluding hydrogens is 505 g/mol. The van der Waals surface area contributed by atoms with Crippen LogP contribution in [0.15, 0.2) is 47.7 Å². The number of ketones is 1. The summed E-state index contributed by atoms with van der Waals surface area (Å²) >= 11 is 5.20. The predicted octanol–water partition coefficient (Wildman–Crippen LogP) is 5.59. The molecule has 10 heteroatoms. The van der Waals surface area contributed by atoms with Gasteiger partial charge >= 0.3 is 6.09 Å². The Balaban J connectivity index is 1.59. The van der Waals surface area contributed by atoms with Crippen molar-refractivity contribution in [3.63, 3.8) is 0 Å². The second-order valence-corrected chi connectivity index (χ2v) is 9.52. The number of halogens is 3. The number of amides is 1. The second kappa shape index (κ2) is 10.9. The number of thiocarbonyl (C=S) groups is 1. The van der Waals surface area contributed by atoms with E-state index in [1.54, 1.807) is 38.1 Å². The van der Waals surface area contributed by atoms with Crippen LogP contribution in [-0.2, 0) is 21.6 Å². The Bertz CT molecular complexity index is 1260. The fraction of sp³-hybridized carbons (Fsp3) is 0.370. The van der Waals surface area contributed by atoms with Crippen LogP contribution in [0, 0.1) is 17.5 Å². The molecule has 0 aliphatic heterocycles. The van der Waals surface area contributed by atoms with Crippen molar-refractivity contribution in [2.75, 3.05) is 6.61 Å². The largest absolute Gasteiger partial charge is 0.483 e. The van der Waals surface area contributed by atoms with E-state index >= 15 is 13.2 Å². The van der Waals surface area contributed by atoms with E-state index in [4.69, 9.17) is 21.7 Å². The van der Waals surface area contributed by atoms with Gasteiger partial charge in [-0.3, -0.25) is 4.79 Å². The van der Waals surface area contributed by atoms with Crippen molar-refractivity contribution >= 4 is 29.1 Å². The molecule has 2 aliphatic rings. The summed E-state index contributed by atoms with van der Waals surface area (Å²) in [6.07, 6.45) is 1.26. The summed E-state index contributed by atoms with van der Waals surface area (Å²) in [6.45, 7) is 3.36. The van der Waals surface area contributed by atoms with Crippen molar-refractivity contribution in [2.24, 2.45) is 0 Å². The minimum Gasteiger partial charge on any atom is -0.483 e. The first-order valence-corrected chi connectivity index (χ1v) is 12.4. The molecule has 0 unspecified atom stereocenters. The molecule has 37 heavy (non-hydrogen) atoms. The van der Waals surface area contributed by atoms with E-state index < -0.39 is 46.0 Å². The van der Waals surface area contributed by atoms with Crippen LogP contribution >= 0.6 is 12.2 Å². The van der Waals surface area contributed by atoms with E-state index in [-0.39, 0.29) is 42.7 Å². The summed E-state index contributed by atoms with van der Waals surface area (Å²) in [5.74, 6) is -5.22. The first-order chi connectivity index (χ1) is 17.7. The van der Waals surface area contributed by atoms with Gasteiger partial charge in [0.2, 0.25) is 5.78 Å². The molecule has 2 saturated carbocycles. The van der Waals surface area contributed by atoms with Gasteiger partial charge in [-0.05, 0) is 63.4 Å². The lowest BCUT2D eigenvalue weighted by Crippen LogP contribution is -2.37. The summed E-state index contributed by atoms with van der Waals surface area (Å²) in [5.41, 5.74) is -2.00. The summed E-state index contributed by atoms with van der Waals surface area (Å²) < 4.78 is 56.3. The van der Waals surface area contributed by atoms with Gasteiger partial charge in [-0.25, -0.2) is 18.0 Å². The fourth-order valence-corrected chi connectivity index (χ4v) is 4.44. The summed E-state index contributed by atoms with van der Waals surface area (Å²) in [4.78, 5) is 25.6. The van der Waals surface area contributed by atoms with Crippen molar-refractivity contribution < 1.29 is 32.2 Å². The van der Waals surface area contributed by atoms with Crippen molar-refractivity contribution in [2.45, 2.75) is 57.7 Å². The van der Waals surface area contributed by atoms with Gasteiger partial charge in [-0.1, -0.05) is 30.3 Å². The first kappa shape index (κ1) is 26.7. The Kier molecular flexibility index (Phi) is 7.87. The smallest absolute Gasteiger partial charge is 0.408 e. The highest BCUT2D eigenvalue weighted by Crippen LogP contribution is 2.48. The van der Waals surface area contributed by atoms with Crippen molar-refractivity contribution in [3.05, 3.63) is 81.8 Å². The molecule has 0 heterocycles. The standard InChI is InChI=1S/C27H27F3N2O4S/c1-3-35-25(37)20(15(2)31-17-9-10-17)24(33)18-13-19(28)21(23(30)22(18)29)27(11-12-27)32-26(34)36-14-16-7-5-4-6-8-16/h4-8,13,17,31H,3,9-12,14H2,1-2H3,(H,32,34). The molecule has 2 N–H and O–H groups in total. The lowest BCUT2D eigenvalue weighted by molar-refractivity contribution is 0.103. The number of ether oxygens (including phenoxy) is 2. The van der Waals surface area contributed by atoms with Gasteiger partial charge in [0.15, 0.2) is 16.7 Å². The lowest BCUT2D eigenvalue weighted by atomic mass is 9.95. The summed E-state index contributed by atoms with van der Waals surface area (Å²) in [5, 5.41) is 5.38. The third kappa shape index (κ3) is 5.95.